The van der Waals surface area contributed by atoms with Gasteiger partial charge in [0, 0.05) is 44.2 Å². The van der Waals surface area contributed by atoms with Gasteiger partial charge in [-0.15, -0.1) is 0 Å². The van der Waals surface area contributed by atoms with E-state index >= 15 is 0 Å². The zero-order valence-corrected chi connectivity index (χ0v) is 29.4. The van der Waals surface area contributed by atoms with Crippen molar-refractivity contribution >= 4 is 58.2 Å². The molecule has 15 nitrogen and oxygen atoms in total. The second-order valence-corrected chi connectivity index (χ2v) is 11.0. The van der Waals surface area contributed by atoms with Gasteiger partial charge in [0.2, 0.25) is 11.7 Å². The number of carbonyl (C=O) groups excluding carboxylic acids is 4. The third-order valence-electron chi connectivity index (χ3n) is 7.60. The number of anilines is 2. The van der Waals surface area contributed by atoms with Crippen LogP contribution in [-0.2, 0) is 16.6 Å². The number of oxazole rings is 1. The van der Waals surface area contributed by atoms with E-state index in [1.165, 1.54) is 25.0 Å². The lowest BCUT2D eigenvalue weighted by Gasteiger charge is -2.27. The number of nitrogens with zero attached hydrogens (tertiary/aromatic N) is 5. The monoisotopic (exact) mass is 689 g/mol. The maximum Gasteiger partial charge on any atom is 0.394 e. The Morgan fingerprint density at radius 1 is 1.02 bits per heavy atom. The van der Waals surface area contributed by atoms with Crippen molar-refractivity contribution in [3.8, 4) is 11.5 Å². The molecule has 3 heterocycles. The number of aromatic nitrogens is 3. The predicted octanol–water partition coefficient (Wildman–Crippen LogP) is 5.78. The lowest BCUT2D eigenvalue weighted by atomic mass is 10.1. The van der Waals surface area contributed by atoms with Gasteiger partial charge in [0.15, 0.2) is 22.9 Å². The summed E-state index contributed by atoms with van der Waals surface area (Å²) in [6.07, 6.45) is 5.41. The van der Waals surface area contributed by atoms with Gasteiger partial charge in [-0.3, -0.25) is 19.4 Å². The van der Waals surface area contributed by atoms with E-state index in [1.807, 2.05) is 32.6 Å². The Labute approximate surface area is 290 Å². The minimum Gasteiger partial charge on any atom is -0.493 e. The topological polar surface area (TPSA) is 179 Å². The van der Waals surface area contributed by atoms with Crippen LogP contribution in [0.25, 0.3) is 11.1 Å². The molecule has 1 aliphatic rings. The second-order valence-electron chi connectivity index (χ2n) is 11.0. The fourth-order valence-electron chi connectivity index (χ4n) is 5.21. The number of methoxy groups -OCH3 is 2. The summed E-state index contributed by atoms with van der Waals surface area (Å²) in [5, 5.41) is 5.43. The van der Waals surface area contributed by atoms with Gasteiger partial charge in [-0.25, -0.2) is 14.8 Å². The van der Waals surface area contributed by atoms with Crippen LogP contribution in [0.1, 0.15) is 85.0 Å². The van der Waals surface area contributed by atoms with Crippen LogP contribution in [0, 0.1) is 0 Å². The van der Waals surface area contributed by atoms with Gasteiger partial charge in [0.25, 0.3) is 11.8 Å². The SMILES string of the molecule is CC.CCCN1C(=O)c2cc(OC)c(OCCCC(=O)Nc3cn(C)c(C(=O)Nc4ccc5oc(C(=O)OC)nc5c4)n3)cc2N=CC1CC. The lowest BCUT2D eigenvalue weighted by molar-refractivity contribution is -0.116. The Morgan fingerprint density at radius 2 is 1.80 bits per heavy atom. The molecule has 2 aromatic carbocycles. The van der Waals surface area contributed by atoms with Crippen molar-refractivity contribution in [3.63, 3.8) is 0 Å². The summed E-state index contributed by atoms with van der Waals surface area (Å²) in [5.74, 6) is -0.753. The summed E-state index contributed by atoms with van der Waals surface area (Å²) < 4.78 is 22.9. The first-order valence-electron chi connectivity index (χ1n) is 16.5. The molecular weight excluding hydrogens is 646 g/mol. The van der Waals surface area contributed by atoms with Crippen LogP contribution in [0.15, 0.2) is 45.9 Å². The number of hydrogen-bond acceptors (Lipinski definition) is 11. The molecule has 15 heteroatoms. The summed E-state index contributed by atoms with van der Waals surface area (Å²) in [6, 6.07) is 7.96. The van der Waals surface area contributed by atoms with Crippen molar-refractivity contribution in [3.05, 3.63) is 53.8 Å². The van der Waals surface area contributed by atoms with Gasteiger partial charge in [-0.1, -0.05) is 27.7 Å². The number of benzene rings is 2. The Morgan fingerprint density at radius 3 is 2.50 bits per heavy atom. The molecular formula is C35H43N7O8. The molecule has 0 radical (unpaired) electrons. The number of rotatable bonds is 13. The summed E-state index contributed by atoms with van der Waals surface area (Å²) in [6.45, 7) is 8.88. The normalized spacial score (nSPS) is 13.5. The third kappa shape index (κ3) is 8.46. The van der Waals surface area contributed by atoms with E-state index in [-0.39, 0.29) is 48.4 Å². The van der Waals surface area contributed by atoms with E-state index in [0.717, 1.165) is 12.8 Å². The number of esters is 1. The molecule has 1 aliphatic heterocycles. The van der Waals surface area contributed by atoms with Crippen molar-refractivity contribution < 1.29 is 37.8 Å². The van der Waals surface area contributed by atoms with Crippen LogP contribution in [0.3, 0.4) is 0 Å². The molecule has 266 valence electrons. The smallest absolute Gasteiger partial charge is 0.394 e. The van der Waals surface area contributed by atoms with Crippen molar-refractivity contribution in [2.24, 2.45) is 12.0 Å². The molecule has 50 heavy (non-hydrogen) atoms. The molecule has 2 aromatic heterocycles. The first-order valence-corrected chi connectivity index (χ1v) is 16.5. The molecule has 1 unspecified atom stereocenters. The van der Waals surface area contributed by atoms with Gasteiger partial charge in [0.1, 0.15) is 5.52 Å². The highest BCUT2D eigenvalue weighted by Gasteiger charge is 2.28. The lowest BCUT2D eigenvalue weighted by Crippen LogP contribution is -2.40. The predicted molar refractivity (Wildman–Crippen MR) is 188 cm³/mol. The molecule has 0 spiro atoms. The van der Waals surface area contributed by atoms with Crippen molar-refractivity contribution in [1.29, 1.82) is 0 Å². The first-order chi connectivity index (χ1) is 24.1. The number of aliphatic imine (C=N–C) groups is 1. The van der Waals surface area contributed by atoms with Crippen LogP contribution in [0.5, 0.6) is 11.5 Å². The number of carbonyl (C=O) groups is 4. The third-order valence-corrected chi connectivity index (χ3v) is 7.60. The Kier molecular flexibility index (Phi) is 12.7. The van der Waals surface area contributed by atoms with Crippen LogP contribution < -0.4 is 20.1 Å². The Bertz CT molecular complexity index is 1880. The minimum absolute atomic E-state index is 0.0589. The van der Waals surface area contributed by atoms with Gasteiger partial charge in [-0.2, -0.15) is 0 Å². The molecule has 0 saturated carbocycles. The minimum atomic E-state index is -0.713. The molecule has 3 amide bonds. The Hall–Kier alpha value is -5.73. The highest BCUT2D eigenvalue weighted by molar-refractivity contribution is 6.04. The van der Waals surface area contributed by atoms with E-state index in [2.05, 4.69) is 30.3 Å². The fourth-order valence-corrected chi connectivity index (χ4v) is 5.21. The zero-order chi connectivity index (χ0) is 36.4. The molecule has 0 bridgehead atoms. The van der Waals surface area contributed by atoms with Gasteiger partial charge in [0.05, 0.1) is 38.1 Å². The van der Waals surface area contributed by atoms with E-state index in [0.29, 0.717) is 52.5 Å². The van der Waals surface area contributed by atoms with Crippen LogP contribution >= 0.6 is 0 Å². The summed E-state index contributed by atoms with van der Waals surface area (Å²) in [5.41, 5.74) is 2.07. The van der Waals surface area contributed by atoms with Crippen molar-refractivity contribution in [2.45, 2.75) is 59.4 Å². The molecule has 5 rings (SSSR count). The maximum atomic E-state index is 13.3. The number of aryl methyl sites for hydroxylation is 1. The zero-order valence-electron chi connectivity index (χ0n) is 29.4. The van der Waals surface area contributed by atoms with Crippen LogP contribution in [0.4, 0.5) is 17.2 Å². The molecule has 1 atom stereocenters. The summed E-state index contributed by atoms with van der Waals surface area (Å²) >= 11 is 0. The van der Waals surface area contributed by atoms with Crippen LogP contribution in [0.2, 0.25) is 0 Å². The van der Waals surface area contributed by atoms with Crippen LogP contribution in [-0.4, -0.2) is 82.8 Å². The average molecular weight is 690 g/mol. The molecule has 0 saturated heterocycles. The summed E-state index contributed by atoms with van der Waals surface area (Å²) in [7, 11) is 4.35. The highest BCUT2D eigenvalue weighted by Crippen LogP contribution is 2.37. The van der Waals surface area contributed by atoms with E-state index < -0.39 is 11.9 Å². The van der Waals surface area contributed by atoms with Gasteiger partial charge < -0.3 is 38.7 Å². The number of ether oxygens (including phenoxy) is 3. The van der Waals surface area contributed by atoms with E-state index in [4.69, 9.17) is 13.9 Å². The number of fused-ring (bicyclic) bond motifs is 2. The molecule has 0 aliphatic carbocycles. The number of hydrogen-bond donors (Lipinski definition) is 2. The molecule has 2 N–H and O–H groups in total. The van der Waals surface area contributed by atoms with Gasteiger partial charge in [-0.05, 0) is 43.5 Å². The summed E-state index contributed by atoms with van der Waals surface area (Å²) in [4.78, 5) is 65.4. The van der Waals surface area contributed by atoms with E-state index in [1.54, 1.807) is 43.6 Å². The van der Waals surface area contributed by atoms with Gasteiger partial charge >= 0.3 is 11.9 Å². The quantitative estimate of drug-likeness (QED) is 0.129. The average Bonchev–Trinajstić information content (AvgIpc) is 3.69. The maximum absolute atomic E-state index is 13.3. The number of nitrogens with one attached hydrogen (secondary N) is 2. The second kappa shape index (κ2) is 17.1. The molecule has 4 aromatic rings. The number of amides is 3. The molecule has 0 fully saturated rings. The van der Waals surface area contributed by atoms with Crippen molar-refractivity contribution in [2.75, 3.05) is 38.0 Å². The first kappa shape index (κ1) is 37.1. The standard InChI is InChI=1S/C33H37N7O8.C2H6/c1-6-12-40-20(7-2)17-34-22-16-26(25(45-4)15-21(22)32(40)43)47-13-8-9-28(41)37-27-18-39(3)29(38-27)30(42)35-19-10-11-24-23(14-19)36-31(48-24)33(44)46-5;1-2/h10-11,14-18,20H,6-9,12-13H2,1-5H3,(H,35,42)(H,37,41);1-2H3. The highest BCUT2D eigenvalue weighted by atomic mass is 16.5. The largest absolute Gasteiger partial charge is 0.493 e. The van der Waals surface area contributed by atoms with E-state index in [9.17, 15) is 19.2 Å². The Balaban J connectivity index is 0.00000276. The fraction of sp³-hybridized carbons (Fsp3) is 0.400. The van der Waals surface area contributed by atoms with Crippen molar-refractivity contribution in [1.82, 2.24) is 19.4 Å². The number of imidazole rings is 1.